The fourth-order valence-corrected chi connectivity index (χ4v) is 1.20. The number of rotatable bonds is 7. The number of allylic oxidation sites excluding steroid dienone is 3. The minimum absolute atomic E-state index is 0.0456. The summed E-state index contributed by atoms with van der Waals surface area (Å²) in [4.78, 5) is 10.5. The van der Waals surface area contributed by atoms with Gasteiger partial charge in [0, 0.05) is 0 Å². The van der Waals surface area contributed by atoms with Crippen LogP contribution >= 0.6 is 0 Å². The maximum atomic E-state index is 10.5. The monoisotopic (exact) mass is 194 g/mol. The maximum absolute atomic E-state index is 10.5. The van der Waals surface area contributed by atoms with Crippen molar-refractivity contribution >= 4 is 5.97 Å². The van der Waals surface area contributed by atoms with Crippen LogP contribution in [0.5, 0.6) is 0 Å². The van der Waals surface area contributed by atoms with Gasteiger partial charge in [0.15, 0.2) is 0 Å². The summed E-state index contributed by atoms with van der Waals surface area (Å²) >= 11 is 0. The zero-order valence-electron chi connectivity index (χ0n) is 8.75. The first-order valence-corrected chi connectivity index (χ1v) is 4.64. The quantitative estimate of drug-likeness (QED) is 0.499. The number of carboxylic acids is 1. The van der Waals surface area contributed by atoms with Crippen molar-refractivity contribution in [3.63, 3.8) is 0 Å². The minimum Gasteiger partial charge on any atom is -0.481 e. The molecule has 1 atom stereocenters. The Hall–Kier alpha value is -1.31. The fourth-order valence-electron chi connectivity index (χ4n) is 1.20. The van der Waals surface area contributed by atoms with Gasteiger partial charge in [-0.2, -0.15) is 0 Å². The van der Waals surface area contributed by atoms with Gasteiger partial charge in [0.1, 0.15) is 0 Å². The molecule has 0 aliphatic heterocycles. The third kappa shape index (κ3) is 5.36. The van der Waals surface area contributed by atoms with Crippen molar-refractivity contribution in [1.29, 1.82) is 0 Å². The molecule has 1 unspecified atom stereocenters. The summed E-state index contributed by atoms with van der Waals surface area (Å²) in [6.07, 6.45) is 3.43. The maximum Gasteiger partial charge on any atom is 0.303 e. The van der Waals surface area contributed by atoms with Crippen LogP contribution in [0.3, 0.4) is 0 Å². The fraction of sp³-hybridized carbons (Fsp3) is 0.417. The Morgan fingerprint density at radius 3 is 2.43 bits per heavy atom. The van der Waals surface area contributed by atoms with Gasteiger partial charge in [0.2, 0.25) is 0 Å². The van der Waals surface area contributed by atoms with Gasteiger partial charge in [-0.1, -0.05) is 37.0 Å². The van der Waals surface area contributed by atoms with Crippen molar-refractivity contribution < 1.29 is 9.90 Å². The lowest BCUT2D eigenvalue weighted by Crippen LogP contribution is -2.08. The molecule has 0 amide bonds. The van der Waals surface area contributed by atoms with Crippen molar-refractivity contribution in [2.75, 3.05) is 0 Å². The molecule has 2 heteroatoms. The van der Waals surface area contributed by atoms with Crippen LogP contribution in [0.4, 0.5) is 0 Å². The summed E-state index contributed by atoms with van der Waals surface area (Å²) in [6, 6.07) is 0. The van der Waals surface area contributed by atoms with E-state index in [0.717, 1.165) is 24.0 Å². The first kappa shape index (κ1) is 12.7. The zero-order chi connectivity index (χ0) is 11.1. The summed E-state index contributed by atoms with van der Waals surface area (Å²) in [6.45, 7) is 13.1. The van der Waals surface area contributed by atoms with Gasteiger partial charge in [-0.05, 0) is 25.7 Å². The summed E-state index contributed by atoms with van der Waals surface area (Å²) in [5.41, 5.74) is 1.87. The Bertz CT molecular complexity index is 251. The topological polar surface area (TPSA) is 37.3 Å². The average molecular weight is 194 g/mol. The lowest BCUT2D eigenvalue weighted by Gasteiger charge is -2.14. The first-order valence-electron chi connectivity index (χ1n) is 4.64. The van der Waals surface area contributed by atoms with E-state index >= 15 is 0 Å². The van der Waals surface area contributed by atoms with Crippen LogP contribution < -0.4 is 0 Å². The molecule has 0 aliphatic rings. The van der Waals surface area contributed by atoms with Gasteiger partial charge < -0.3 is 5.11 Å². The zero-order valence-corrected chi connectivity index (χ0v) is 8.75. The molecule has 78 valence electrons. The predicted octanol–water partition coefficient (Wildman–Crippen LogP) is 3.18. The molecule has 0 saturated heterocycles. The van der Waals surface area contributed by atoms with Gasteiger partial charge in [-0.15, -0.1) is 0 Å². The van der Waals surface area contributed by atoms with Gasteiger partial charge in [0.05, 0.1) is 6.42 Å². The lowest BCUT2D eigenvalue weighted by atomic mass is 9.91. The second-order valence-electron chi connectivity index (χ2n) is 3.54. The second kappa shape index (κ2) is 6.19. The second-order valence-corrected chi connectivity index (χ2v) is 3.54. The number of carbonyl (C=O) groups is 1. The summed E-state index contributed by atoms with van der Waals surface area (Å²) in [5, 5.41) is 8.67. The molecule has 0 spiro atoms. The molecule has 0 rings (SSSR count). The SMILES string of the molecule is C=CC(=C)CCC(CC(=O)O)C(=C)C. The van der Waals surface area contributed by atoms with E-state index < -0.39 is 5.97 Å². The number of carboxylic acid groups (broad SMARTS) is 1. The normalized spacial score (nSPS) is 11.8. The molecule has 0 aromatic heterocycles. The van der Waals surface area contributed by atoms with Crippen LogP contribution in [0.2, 0.25) is 0 Å². The van der Waals surface area contributed by atoms with E-state index in [1.165, 1.54) is 0 Å². The van der Waals surface area contributed by atoms with E-state index in [2.05, 4.69) is 19.7 Å². The highest BCUT2D eigenvalue weighted by Gasteiger charge is 2.13. The molecule has 0 aliphatic carbocycles. The van der Waals surface area contributed by atoms with Gasteiger partial charge in [0.25, 0.3) is 0 Å². The highest BCUT2D eigenvalue weighted by molar-refractivity contribution is 5.67. The Labute approximate surface area is 85.6 Å². The van der Waals surface area contributed by atoms with Gasteiger partial charge >= 0.3 is 5.97 Å². The van der Waals surface area contributed by atoms with Crippen LogP contribution in [0.1, 0.15) is 26.2 Å². The van der Waals surface area contributed by atoms with Crippen LogP contribution in [0.25, 0.3) is 0 Å². The number of hydrogen-bond donors (Lipinski definition) is 1. The Morgan fingerprint density at radius 2 is 2.07 bits per heavy atom. The molecule has 1 N–H and O–H groups in total. The molecule has 0 aromatic rings. The van der Waals surface area contributed by atoms with Gasteiger partial charge in [-0.3, -0.25) is 4.79 Å². The van der Waals surface area contributed by atoms with E-state index in [0.29, 0.717) is 0 Å². The molecule has 0 fully saturated rings. The van der Waals surface area contributed by atoms with Crippen LogP contribution in [-0.2, 0) is 4.79 Å². The molecule has 14 heavy (non-hydrogen) atoms. The molecule has 0 bridgehead atoms. The Balaban J connectivity index is 4.10. The molecule has 0 saturated carbocycles. The third-order valence-electron chi connectivity index (χ3n) is 2.22. The molecular weight excluding hydrogens is 176 g/mol. The van der Waals surface area contributed by atoms with E-state index in [9.17, 15) is 4.79 Å². The smallest absolute Gasteiger partial charge is 0.303 e. The van der Waals surface area contributed by atoms with Crippen LogP contribution in [0.15, 0.2) is 37.0 Å². The van der Waals surface area contributed by atoms with Crippen LogP contribution in [0, 0.1) is 5.92 Å². The summed E-state index contributed by atoms with van der Waals surface area (Å²) in [5.74, 6) is -0.730. The minimum atomic E-state index is -0.776. The van der Waals surface area contributed by atoms with Gasteiger partial charge in [-0.25, -0.2) is 0 Å². The van der Waals surface area contributed by atoms with E-state index in [1.54, 1.807) is 6.08 Å². The standard InChI is InChI=1S/C12H18O2/c1-5-10(4)6-7-11(9(2)3)8-12(13)14/h5,11H,1-2,4,6-8H2,3H3,(H,13,14). The summed E-state index contributed by atoms with van der Waals surface area (Å²) in [7, 11) is 0. The molecular formula is C12H18O2. The van der Waals surface area contributed by atoms with Crippen molar-refractivity contribution in [2.24, 2.45) is 5.92 Å². The number of hydrogen-bond acceptors (Lipinski definition) is 1. The Morgan fingerprint density at radius 1 is 1.50 bits per heavy atom. The van der Waals surface area contributed by atoms with E-state index in [1.807, 2.05) is 6.92 Å². The molecule has 2 nitrogen and oxygen atoms in total. The Kier molecular flexibility index (Phi) is 5.61. The van der Waals surface area contributed by atoms with Crippen molar-refractivity contribution in [3.8, 4) is 0 Å². The highest BCUT2D eigenvalue weighted by atomic mass is 16.4. The van der Waals surface area contributed by atoms with Crippen molar-refractivity contribution in [3.05, 3.63) is 37.0 Å². The molecule has 0 heterocycles. The third-order valence-corrected chi connectivity index (χ3v) is 2.22. The lowest BCUT2D eigenvalue weighted by molar-refractivity contribution is -0.137. The predicted molar refractivity (Wildman–Crippen MR) is 59.1 cm³/mol. The number of aliphatic carboxylic acids is 1. The van der Waals surface area contributed by atoms with Crippen LogP contribution in [-0.4, -0.2) is 11.1 Å². The molecule has 0 radical (unpaired) electrons. The highest BCUT2D eigenvalue weighted by Crippen LogP contribution is 2.21. The van der Waals surface area contributed by atoms with Crippen molar-refractivity contribution in [2.45, 2.75) is 26.2 Å². The largest absolute Gasteiger partial charge is 0.481 e. The van der Waals surface area contributed by atoms with E-state index in [4.69, 9.17) is 5.11 Å². The summed E-state index contributed by atoms with van der Waals surface area (Å²) < 4.78 is 0. The first-order chi connectivity index (χ1) is 6.47. The van der Waals surface area contributed by atoms with E-state index in [-0.39, 0.29) is 12.3 Å². The van der Waals surface area contributed by atoms with Crippen molar-refractivity contribution in [1.82, 2.24) is 0 Å². The average Bonchev–Trinajstić information content (AvgIpc) is 2.10. The molecule has 0 aromatic carbocycles.